The number of amides is 2. The van der Waals surface area contributed by atoms with E-state index < -0.39 is 5.97 Å². The normalized spacial score (nSPS) is 10.2. The number of urea groups is 1. The van der Waals surface area contributed by atoms with Crippen molar-refractivity contribution in [2.45, 2.75) is 13.1 Å². The van der Waals surface area contributed by atoms with Crippen molar-refractivity contribution in [1.29, 1.82) is 0 Å². The van der Waals surface area contributed by atoms with E-state index in [1.54, 1.807) is 18.7 Å². The van der Waals surface area contributed by atoms with Gasteiger partial charge >= 0.3 is 12.0 Å². The van der Waals surface area contributed by atoms with Crippen LogP contribution in [-0.2, 0) is 13.1 Å². The second-order valence-electron chi connectivity index (χ2n) is 3.98. The van der Waals surface area contributed by atoms with Crippen LogP contribution in [0.3, 0.4) is 0 Å². The summed E-state index contributed by atoms with van der Waals surface area (Å²) in [4.78, 5) is 26.0. The zero-order chi connectivity index (χ0) is 14.4. The molecule has 2 heterocycles. The minimum absolute atomic E-state index is 0.129. The third-order valence-electron chi connectivity index (χ3n) is 2.51. The van der Waals surface area contributed by atoms with E-state index in [9.17, 15) is 9.59 Å². The fourth-order valence-corrected chi connectivity index (χ4v) is 1.54. The third kappa shape index (κ3) is 3.87. The number of furan rings is 1. The van der Waals surface area contributed by atoms with Gasteiger partial charge in [0.2, 0.25) is 5.76 Å². The maximum absolute atomic E-state index is 11.5. The van der Waals surface area contributed by atoms with Gasteiger partial charge in [0, 0.05) is 25.5 Å². The molecule has 0 bridgehead atoms. The van der Waals surface area contributed by atoms with Gasteiger partial charge in [-0.3, -0.25) is 0 Å². The highest BCUT2D eigenvalue weighted by Gasteiger charge is 2.09. The molecule has 3 N–H and O–H groups in total. The summed E-state index contributed by atoms with van der Waals surface area (Å²) in [5.41, 5.74) is 0. The van der Waals surface area contributed by atoms with E-state index in [2.05, 4.69) is 15.6 Å². The lowest BCUT2D eigenvalue weighted by Gasteiger charge is -2.06. The first-order chi connectivity index (χ1) is 9.65. The Bertz CT molecular complexity index is 576. The van der Waals surface area contributed by atoms with Crippen LogP contribution in [0, 0.1) is 0 Å². The quantitative estimate of drug-likeness (QED) is 0.719. The fourth-order valence-electron chi connectivity index (χ4n) is 1.54. The first-order valence-electron chi connectivity index (χ1n) is 5.94. The van der Waals surface area contributed by atoms with Gasteiger partial charge < -0.3 is 24.7 Å². The lowest BCUT2D eigenvalue weighted by molar-refractivity contribution is 0.0660. The Labute approximate surface area is 114 Å². The first-order valence-corrected chi connectivity index (χ1v) is 5.94. The predicted molar refractivity (Wildman–Crippen MR) is 68.1 cm³/mol. The second-order valence-corrected chi connectivity index (χ2v) is 3.98. The summed E-state index contributed by atoms with van der Waals surface area (Å²) in [6.45, 7) is 1.21. The Morgan fingerprint density at radius 3 is 2.85 bits per heavy atom. The Morgan fingerprint density at radius 2 is 2.20 bits per heavy atom. The molecule has 0 atom stereocenters. The van der Waals surface area contributed by atoms with E-state index in [0.717, 1.165) is 0 Å². The number of rotatable bonds is 6. The van der Waals surface area contributed by atoms with E-state index in [-0.39, 0.29) is 18.3 Å². The molecule has 8 nitrogen and oxygen atoms in total. The van der Waals surface area contributed by atoms with Crippen LogP contribution in [0.5, 0.6) is 0 Å². The van der Waals surface area contributed by atoms with Gasteiger partial charge in [-0.25, -0.2) is 14.6 Å². The molecule has 0 saturated heterocycles. The van der Waals surface area contributed by atoms with E-state index in [0.29, 0.717) is 18.8 Å². The lowest BCUT2D eigenvalue weighted by Crippen LogP contribution is -2.36. The molecule has 2 aromatic rings. The van der Waals surface area contributed by atoms with E-state index in [1.165, 1.54) is 12.1 Å². The van der Waals surface area contributed by atoms with E-state index in [4.69, 9.17) is 9.52 Å². The summed E-state index contributed by atoms with van der Waals surface area (Å²) in [5.74, 6) is -0.907. The Balaban J connectivity index is 1.67. The second kappa shape index (κ2) is 6.41. The van der Waals surface area contributed by atoms with E-state index in [1.807, 2.05) is 4.57 Å². The maximum Gasteiger partial charge on any atom is 0.371 e. The molecule has 0 aromatic carbocycles. The number of aromatic nitrogens is 2. The SMILES string of the molecule is O=C(NCCn1ccnc1)NCc1ccc(C(=O)O)o1. The number of imidazole rings is 1. The van der Waals surface area contributed by atoms with Crippen LogP contribution in [0.15, 0.2) is 35.3 Å². The molecular formula is C12H14N4O4. The molecule has 2 amide bonds. The highest BCUT2D eigenvalue weighted by molar-refractivity contribution is 5.84. The van der Waals surface area contributed by atoms with Crippen LogP contribution in [0.4, 0.5) is 4.79 Å². The molecule has 0 aliphatic heterocycles. The van der Waals surface area contributed by atoms with Gasteiger partial charge in [-0.15, -0.1) is 0 Å². The van der Waals surface area contributed by atoms with Gasteiger partial charge in [0.05, 0.1) is 12.9 Å². The number of hydrogen-bond donors (Lipinski definition) is 3. The molecule has 0 fully saturated rings. The molecule has 0 saturated carbocycles. The largest absolute Gasteiger partial charge is 0.475 e. The number of carbonyl (C=O) groups excluding carboxylic acids is 1. The van der Waals surface area contributed by atoms with Crippen LogP contribution >= 0.6 is 0 Å². The predicted octanol–water partition coefficient (Wildman–Crippen LogP) is 0.674. The zero-order valence-corrected chi connectivity index (χ0v) is 10.6. The number of carbonyl (C=O) groups is 2. The Hall–Kier alpha value is -2.77. The van der Waals surface area contributed by atoms with Gasteiger partial charge in [0.25, 0.3) is 0 Å². The first kappa shape index (κ1) is 13.7. The Kier molecular flexibility index (Phi) is 4.38. The summed E-state index contributed by atoms with van der Waals surface area (Å²) in [7, 11) is 0. The highest BCUT2D eigenvalue weighted by Crippen LogP contribution is 2.07. The number of carboxylic acids is 1. The number of nitrogens with zero attached hydrogens (tertiary/aromatic N) is 2. The fraction of sp³-hybridized carbons (Fsp3) is 0.250. The maximum atomic E-state index is 11.5. The van der Waals surface area contributed by atoms with Gasteiger partial charge in [-0.1, -0.05) is 0 Å². The average Bonchev–Trinajstić information content (AvgIpc) is 3.07. The average molecular weight is 278 g/mol. The smallest absolute Gasteiger partial charge is 0.371 e. The summed E-state index contributed by atoms with van der Waals surface area (Å²) in [5, 5.41) is 13.9. The van der Waals surface area contributed by atoms with Crippen molar-refractivity contribution in [2.24, 2.45) is 0 Å². The van der Waals surface area contributed by atoms with Crippen molar-refractivity contribution in [3.05, 3.63) is 42.4 Å². The van der Waals surface area contributed by atoms with Crippen molar-refractivity contribution >= 4 is 12.0 Å². The zero-order valence-electron chi connectivity index (χ0n) is 10.6. The summed E-state index contributed by atoms with van der Waals surface area (Å²) in [6, 6.07) is 2.50. The number of carboxylic acid groups (broad SMARTS) is 1. The van der Waals surface area contributed by atoms with Gasteiger partial charge in [0.15, 0.2) is 0 Å². The van der Waals surface area contributed by atoms with Crippen LogP contribution in [0.2, 0.25) is 0 Å². The van der Waals surface area contributed by atoms with Crippen molar-refractivity contribution in [3.8, 4) is 0 Å². The van der Waals surface area contributed by atoms with Crippen LogP contribution in [-0.4, -0.2) is 33.2 Å². The lowest BCUT2D eigenvalue weighted by atomic mass is 10.4. The molecule has 2 rings (SSSR count). The Morgan fingerprint density at radius 1 is 1.35 bits per heavy atom. The van der Waals surface area contributed by atoms with Gasteiger partial charge in [0.1, 0.15) is 5.76 Å². The molecule has 0 radical (unpaired) electrons. The standard InChI is InChI=1S/C12H14N4O4/c17-11(18)10-2-1-9(20-10)7-15-12(19)14-4-6-16-5-3-13-8-16/h1-3,5,8H,4,6-7H2,(H,17,18)(H2,14,15,19). The molecule has 8 heteroatoms. The molecule has 2 aromatic heterocycles. The molecule has 0 aliphatic carbocycles. The highest BCUT2D eigenvalue weighted by atomic mass is 16.4. The third-order valence-corrected chi connectivity index (χ3v) is 2.51. The minimum Gasteiger partial charge on any atom is -0.475 e. The molecule has 0 spiro atoms. The topological polar surface area (TPSA) is 109 Å². The van der Waals surface area contributed by atoms with Crippen LogP contribution in [0.25, 0.3) is 0 Å². The van der Waals surface area contributed by atoms with Crippen molar-refractivity contribution in [1.82, 2.24) is 20.2 Å². The number of aromatic carboxylic acids is 1. The number of hydrogen-bond acceptors (Lipinski definition) is 4. The summed E-state index contributed by atoms with van der Waals surface area (Å²) >= 11 is 0. The molecule has 0 unspecified atom stereocenters. The molecule has 106 valence electrons. The monoisotopic (exact) mass is 278 g/mol. The van der Waals surface area contributed by atoms with Crippen LogP contribution < -0.4 is 10.6 Å². The molecule has 0 aliphatic rings. The van der Waals surface area contributed by atoms with Gasteiger partial charge in [-0.05, 0) is 12.1 Å². The van der Waals surface area contributed by atoms with Crippen LogP contribution in [0.1, 0.15) is 16.3 Å². The van der Waals surface area contributed by atoms with E-state index >= 15 is 0 Å². The van der Waals surface area contributed by atoms with Gasteiger partial charge in [-0.2, -0.15) is 0 Å². The van der Waals surface area contributed by atoms with Crippen molar-refractivity contribution < 1.29 is 19.1 Å². The minimum atomic E-state index is -1.14. The van der Waals surface area contributed by atoms with Crippen molar-refractivity contribution in [2.75, 3.05) is 6.54 Å². The molecular weight excluding hydrogens is 264 g/mol. The summed E-state index contributed by atoms with van der Waals surface area (Å²) < 4.78 is 6.84. The van der Waals surface area contributed by atoms with Crippen molar-refractivity contribution in [3.63, 3.8) is 0 Å². The molecule has 20 heavy (non-hydrogen) atoms. The number of nitrogens with one attached hydrogen (secondary N) is 2. The summed E-state index contributed by atoms with van der Waals surface area (Å²) in [6.07, 6.45) is 5.13.